The van der Waals surface area contributed by atoms with Gasteiger partial charge >= 0.3 is 5.97 Å². The molecule has 65 heavy (non-hydrogen) atoms. The van der Waals surface area contributed by atoms with Gasteiger partial charge in [-0.2, -0.15) is 0 Å². The highest BCUT2D eigenvalue weighted by atomic mass is 16.4. The Labute approximate surface area is 377 Å². The van der Waals surface area contributed by atoms with Crippen LogP contribution in [0, 0.1) is 5.92 Å². The van der Waals surface area contributed by atoms with Crippen LogP contribution in [0.1, 0.15) is 62.8 Å². The number of amides is 6. The number of aliphatic carboxylic acids is 1. The average molecular weight is 903 g/mol. The number of phenolic OH excluding ortho intramolecular Hbond substituents is 1. The number of imidazole rings is 1. The first-order valence-electron chi connectivity index (χ1n) is 21.6. The van der Waals surface area contributed by atoms with Gasteiger partial charge in [-0.1, -0.05) is 62.7 Å². The number of hydrogen-bond donors (Lipinski definition) is 11. The zero-order valence-corrected chi connectivity index (χ0v) is 36.9. The molecule has 1 fully saturated rings. The van der Waals surface area contributed by atoms with Crippen LogP contribution in [0.25, 0.3) is 0 Å². The number of nitrogens with zero attached hydrogens (tertiary/aromatic N) is 3. The lowest BCUT2D eigenvalue weighted by molar-refractivity contribution is -0.145. The number of likely N-dealkylation sites (N-methyl/N-ethyl adjacent to an activating group) is 1. The second-order valence-corrected chi connectivity index (χ2v) is 16.0. The summed E-state index contributed by atoms with van der Waals surface area (Å²) in [4.78, 5) is 108. The standard InChI is InChI=1S/C44H62N12O9/c1-4-26(2)37(55-39(60)32(20-28-14-16-30(57)17-15-28)52-38(59)31(51-36(58)24-47-3)12-8-18-49-44(45)46)41(62)53-33(22-29-23-48-25-50-29)42(63)56-19-9-13-35(56)40(61)54-34(43(64)65)21-27-10-6-5-7-11-27/h5-7,10-11,14-17,23,25-26,31-35,37,47,57H,4,8-9,12-13,18-22,24H2,1-3H3,(H,48,50)(H,51,58)(H,52,59)(H,53,62)(H,54,61)(H,55,60)(H,64,65)(H4,45,46,49)/t26-,31-,32-,33-,34-,35-,37-/m0/s1. The van der Waals surface area contributed by atoms with Crippen molar-refractivity contribution < 1.29 is 43.8 Å². The van der Waals surface area contributed by atoms with E-state index in [1.807, 2.05) is 6.92 Å². The molecule has 1 saturated heterocycles. The molecule has 0 aliphatic carbocycles. The lowest BCUT2D eigenvalue weighted by Crippen LogP contribution is -2.61. The van der Waals surface area contributed by atoms with Crippen LogP contribution in [0.4, 0.5) is 0 Å². The number of carboxylic acids is 1. The Kier molecular flexibility index (Phi) is 19.7. The fourth-order valence-electron chi connectivity index (χ4n) is 7.38. The monoisotopic (exact) mass is 902 g/mol. The molecule has 21 nitrogen and oxygen atoms in total. The van der Waals surface area contributed by atoms with Gasteiger partial charge in [0.2, 0.25) is 35.4 Å². The Hall–Kier alpha value is -7.03. The average Bonchev–Trinajstić information content (AvgIpc) is 3.99. The molecule has 0 saturated carbocycles. The van der Waals surface area contributed by atoms with E-state index in [9.17, 15) is 43.8 Å². The Morgan fingerprint density at radius 1 is 0.846 bits per heavy atom. The Bertz CT molecular complexity index is 2080. The highest BCUT2D eigenvalue weighted by molar-refractivity contribution is 5.97. The van der Waals surface area contributed by atoms with Crippen molar-refractivity contribution in [2.45, 2.75) is 101 Å². The van der Waals surface area contributed by atoms with Gasteiger partial charge in [0.05, 0.1) is 12.9 Å². The molecular formula is C44H62N12O9. The molecule has 21 heteroatoms. The van der Waals surface area contributed by atoms with Crippen molar-refractivity contribution in [3.05, 3.63) is 83.9 Å². The topological polar surface area (TPSA) is 328 Å². The first-order chi connectivity index (χ1) is 31.1. The van der Waals surface area contributed by atoms with Crippen molar-refractivity contribution in [1.29, 1.82) is 0 Å². The normalized spacial score (nSPS) is 16.1. The molecule has 4 rings (SSSR count). The maximum Gasteiger partial charge on any atom is 0.326 e. The van der Waals surface area contributed by atoms with E-state index in [2.05, 4.69) is 46.9 Å². The van der Waals surface area contributed by atoms with Crippen molar-refractivity contribution in [2.75, 3.05) is 26.7 Å². The number of carboxylic acid groups (broad SMARTS) is 1. The molecule has 2 heterocycles. The van der Waals surface area contributed by atoms with Crippen LogP contribution in [-0.4, -0.2) is 135 Å². The minimum atomic E-state index is -1.30. The van der Waals surface area contributed by atoms with E-state index >= 15 is 0 Å². The number of aliphatic imine (C=N–C) groups is 1. The van der Waals surface area contributed by atoms with E-state index in [-0.39, 0.29) is 63.4 Å². The lowest BCUT2D eigenvalue weighted by atomic mass is 9.96. The third kappa shape index (κ3) is 15.9. The number of hydrogen-bond acceptors (Lipinski definition) is 11. The minimum absolute atomic E-state index is 0.0204. The number of guanidine groups is 1. The van der Waals surface area contributed by atoms with Gasteiger partial charge in [0.15, 0.2) is 5.96 Å². The number of phenols is 1. The maximum absolute atomic E-state index is 14.5. The first-order valence-corrected chi connectivity index (χ1v) is 21.6. The Balaban J connectivity index is 1.57. The van der Waals surface area contributed by atoms with E-state index in [4.69, 9.17) is 11.5 Å². The molecule has 7 atom stereocenters. The summed E-state index contributed by atoms with van der Waals surface area (Å²) in [6.07, 6.45) is 4.31. The molecule has 0 bridgehead atoms. The smallest absolute Gasteiger partial charge is 0.326 e. The van der Waals surface area contributed by atoms with E-state index in [1.54, 1.807) is 56.4 Å². The van der Waals surface area contributed by atoms with Gasteiger partial charge in [-0.25, -0.2) is 9.78 Å². The number of aromatic hydroxyl groups is 1. The summed E-state index contributed by atoms with van der Waals surface area (Å²) in [5.41, 5.74) is 12.7. The van der Waals surface area contributed by atoms with Gasteiger partial charge in [0.1, 0.15) is 42.0 Å². The predicted molar refractivity (Wildman–Crippen MR) is 240 cm³/mol. The third-order valence-corrected chi connectivity index (χ3v) is 11.1. The summed E-state index contributed by atoms with van der Waals surface area (Å²) in [5, 5.41) is 36.2. The summed E-state index contributed by atoms with van der Waals surface area (Å²) in [7, 11) is 1.57. The van der Waals surface area contributed by atoms with Crippen molar-refractivity contribution in [2.24, 2.45) is 22.4 Å². The fraction of sp³-hybridized carbons (Fsp3) is 0.477. The van der Waals surface area contributed by atoms with Crippen LogP contribution in [0.5, 0.6) is 5.75 Å². The second-order valence-electron chi connectivity index (χ2n) is 16.0. The summed E-state index contributed by atoms with van der Waals surface area (Å²) >= 11 is 0. The number of carbonyl (C=O) groups is 7. The Morgan fingerprint density at radius 3 is 2.14 bits per heavy atom. The van der Waals surface area contributed by atoms with Gasteiger partial charge in [-0.15, -0.1) is 0 Å². The summed E-state index contributed by atoms with van der Waals surface area (Å²) < 4.78 is 0. The molecular weight excluding hydrogens is 841 g/mol. The minimum Gasteiger partial charge on any atom is -0.508 e. The van der Waals surface area contributed by atoms with Crippen molar-refractivity contribution in [3.63, 3.8) is 0 Å². The Morgan fingerprint density at radius 2 is 1.51 bits per heavy atom. The zero-order chi connectivity index (χ0) is 47.5. The molecule has 0 spiro atoms. The van der Waals surface area contributed by atoms with Gasteiger partial charge in [-0.3, -0.25) is 33.8 Å². The van der Waals surface area contributed by atoms with E-state index in [0.29, 0.717) is 36.1 Å². The number of H-pyrrole nitrogens is 1. The third-order valence-electron chi connectivity index (χ3n) is 11.1. The van der Waals surface area contributed by atoms with E-state index in [0.717, 1.165) is 0 Å². The zero-order valence-electron chi connectivity index (χ0n) is 36.9. The van der Waals surface area contributed by atoms with Crippen molar-refractivity contribution >= 4 is 47.4 Å². The van der Waals surface area contributed by atoms with Crippen LogP contribution in [0.3, 0.4) is 0 Å². The van der Waals surface area contributed by atoms with Gasteiger partial charge in [0, 0.05) is 44.2 Å². The molecule has 0 unspecified atom stereocenters. The molecule has 2 aromatic carbocycles. The van der Waals surface area contributed by atoms with Crippen LogP contribution < -0.4 is 43.4 Å². The molecule has 1 aliphatic rings. The number of benzene rings is 2. The number of aromatic nitrogens is 2. The molecule has 352 valence electrons. The quantitative estimate of drug-likeness (QED) is 0.0276. The predicted octanol–water partition coefficient (Wildman–Crippen LogP) is -1.04. The number of nitrogens with one attached hydrogen (secondary N) is 7. The first kappa shape index (κ1) is 50.6. The van der Waals surface area contributed by atoms with Crippen LogP contribution in [0.2, 0.25) is 0 Å². The molecule has 1 aromatic heterocycles. The molecule has 0 radical (unpaired) electrons. The van der Waals surface area contributed by atoms with E-state index < -0.39 is 83.6 Å². The molecule has 1 aliphatic heterocycles. The van der Waals surface area contributed by atoms with Gasteiger partial charge in [0.25, 0.3) is 0 Å². The van der Waals surface area contributed by atoms with E-state index in [1.165, 1.54) is 29.6 Å². The number of carbonyl (C=O) groups excluding carboxylic acids is 6. The summed E-state index contributed by atoms with van der Waals surface area (Å²) in [5.74, 6) is -5.76. The largest absolute Gasteiger partial charge is 0.508 e. The number of aromatic amines is 1. The van der Waals surface area contributed by atoms with Gasteiger partial charge < -0.3 is 63.5 Å². The molecule has 13 N–H and O–H groups in total. The van der Waals surface area contributed by atoms with Crippen LogP contribution >= 0.6 is 0 Å². The number of nitrogens with two attached hydrogens (primary N) is 2. The summed E-state index contributed by atoms with van der Waals surface area (Å²) in [6, 6.07) is 7.65. The van der Waals surface area contributed by atoms with Crippen molar-refractivity contribution in [1.82, 2.24) is 46.8 Å². The van der Waals surface area contributed by atoms with Gasteiger partial charge in [-0.05, 0) is 61.9 Å². The molecule has 6 amide bonds. The van der Waals surface area contributed by atoms with Crippen LogP contribution in [-0.2, 0) is 52.8 Å². The fourth-order valence-corrected chi connectivity index (χ4v) is 7.38. The highest BCUT2D eigenvalue weighted by Crippen LogP contribution is 2.21. The highest BCUT2D eigenvalue weighted by Gasteiger charge is 2.40. The summed E-state index contributed by atoms with van der Waals surface area (Å²) in [6.45, 7) is 3.81. The number of rotatable bonds is 25. The maximum atomic E-state index is 14.5. The molecule has 3 aromatic rings. The van der Waals surface area contributed by atoms with Crippen molar-refractivity contribution in [3.8, 4) is 5.75 Å². The number of likely N-dealkylation sites (tertiary alicyclic amines) is 1. The lowest BCUT2D eigenvalue weighted by Gasteiger charge is -2.31. The SMILES string of the molecule is CC[C@H](C)[C@H](NC(=O)[C@H](Cc1ccc(O)cc1)NC(=O)[C@H](CCCN=C(N)N)NC(=O)CNC)C(=O)N[C@@H](Cc1cnc[nH]1)C(=O)N1CCC[C@H]1C(=O)N[C@@H](Cc1ccccc1)C(=O)O. The second kappa shape index (κ2) is 25.3. The van der Waals surface area contributed by atoms with Crippen LogP contribution in [0.15, 0.2) is 72.1 Å².